The number of halogens is 3. The Hall–Kier alpha value is -0.200. The van der Waals surface area contributed by atoms with Crippen LogP contribution in [0.15, 0.2) is 16.6 Å². The van der Waals surface area contributed by atoms with Crippen molar-refractivity contribution >= 4 is 40.7 Å². The van der Waals surface area contributed by atoms with Crippen molar-refractivity contribution in [2.24, 2.45) is 0 Å². The molecular formula is C17H29BrCl2N2O2. The molecular weight excluding hydrogens is 415 g/mol. The van der Waals surface area contributed by atoms with Crippen LogP contribution in [0.1, 0.15) is 37.8 Å². The first-order valence-corrected chi connectivity index (χ1v) is 8.86. The second-order valence-electron chi connectivity index (χ2n) is 5.67. The van der Waals surface area contributed by atoms with E-state index in [-0.39, 0.29) is 24.8 Å². The molecule has 0 aliphatic carbocycles. The van der Waals surface area contributed by atoms with Gasteiger partial charge in [0.1, 0.15) is 11.5 Å². The Labute approximate surface area is 166 Å². The van der Waals surface area contributed by atoms with Crippen LogP contribution in [-0.4, -0.2) is 45.3 Å². The summed E-state index contributed by atoms with van der Waals surface area (Å²) in [5, 5.41) is 3.43. The molecule has 0 saturated carbocycles. The number of nitrogens with zero attached hydrogens (tertiary/aromatic N) is 1. The van der Waals surface area contributed by atoms with E-state index in [0.29, 0.717) is 6.04 Å². The number of hydrogen-bond donors (Lipinski definition) is 1. The van der Waals surface area contributed by atoms with Gasteiger partial charge in [-0.25, -0.2) is 0 Å². The van der Waals surface area contributed by atoms with Gasteiger partial charge >= 0.3 is 0 Å². The van der Waals surface area contributed by atoms with E-state index in [1.165, 1.54) is 18.4 Å². The molecule has 0 spiro atoms. The van der Waals surface area contributed by atoms with E-state index in [4.69, 9.17) is 9.47 Å². The number of rotatable bonds is 7. The van der Waals surface area contributed by atoms with E-state index in [9.17, 15) is 0 Å². The molecule has 0 amide bonds. The van der Waals surface area contributed by atoms with Gasteiger partial charge in [0.05, 0.1) is 18.7 Å². The quantitative estimate of drug-likeness (QED) is 0.674. The smallest absolute Gasteiger partial charge is 0.133 e. The van der Waals surface area contributed by atoms with E-state index >= 15 is 0 Å². The van der Waals surface area contributed by atoms with Gasteiger partial charge in [0.2, 0.25) is 0 Å². The van der Waals surface area contributed by atoms with Crippen LogP contribution in [0.25, 0.3) is 0 Å². The van der Waals surface area contributed by atoms with Gasteiger partial charge in [-0.15, -0.1) is 24.8 Å². The number of piperazine rings is 1. The van der Waals surface area contributed by atoms with Gasteiger partial charge in [-0.3, -0.25) is 4.90 Å². The summed E-state index contributed by atoms with van der Waals surface area (Å²) in [5.41, 5.74) is 1.23. The van der Waals surface area contributed by atoms with Crippen LogP contribution in [0.2, 0.25) is 0 Å². The number of nitrogens with one attached hydrogen (secondary N) is 1. The lowest BCUT2D eigenvalue weighted by molar-refractivity contribution is 0.160. The standard InChI is InChI=1S/C17H27BrN2O2.2ClH/c1-4-5-6-15(20-9-7-19-8-10-20)13-11-17(22-3)14(18)12-16(13)21-2;;/h11-12,15,19H,4-10H2,1-3H3;2*1H/t15-;;/m0../s1. The average molecular weight is 444 g/mol. The third-order valence-corrected chi connectivity index (χ3v) is 4.91. The molecule has 1 N–H and O–H groups in total. The molecule has 1 heterocycles. The summed E-state index contributed by atoms with van der Waals surface area (Å²) in [6.45, 7) is 6.51. The molecule has 1 atom stereocenters. The summed E-state index contributed by atoms with van der Waals surface area (Å²) in [7, 11) is 3.45. The largest absolute Gasteiger partial charge is 0.496 e. The molecule has 0 bridgehead atoms. The summed E-state index contributed by atoms with van der Waals surface area (Å²) < 4.78 is 12.1. The van der Waals surface area contributed by atoms with Crippen LogP contribution in [0.5, 0.6) is 11.5 Å². The molecule has 1 fully saturated rings. The maximum absolute atomic E-state index is 5.65. The van der Waals surface area contributed by atoms with Crippen molar-refractivity contribution in [1.82, 2.24) is 10.2 Å². The lowest BCUT2D eigenvalue weighted by Gasteiger charge is -2.36. The molecule has 0 unspecified atom stereocenters. The number of hydrogen-bond acceptors (Lipinski definition) is 4. The Kier molecular flexibility index (Phi) is 12.1. The second-order valence-corrected chi connectivity index (χ2v) is 6.53. The van der Waals surface area contributed by atoms with E-state index in [0.717, 1.165) is 48.6 Å². The maximum atomic E-state index is 5.65. The molecule has 1 aliphatic heterocycles. The SMILES string of the molecule is CCCC[C@@H](c1cc(OC)c(Br)cc1OC)N1CCNCC1.Cl.Cl. The van der Waals surface area contributed by atoms with Crippen LogP contribution in [0.3, 0.4) is 0 Å². The van der Waals surface area contributed by atoms with Crippen molar-refractivity contribution in [2.75, 3.05) is 40.4 Å². The first-order chi connectivity index (χ1) is 10.7. The van der Waals surface area contributed by atoms with Crippen molar-refractivity contribution in [3.8, 4) is 11.5 Å². The third-order valence-electron chi connectivity index (χ3n) is 4.29. The summed E-state index contributed by atoms with van der Waals surface area (Å²) in [6.07, 6.45) is 3.58. The minimum Gasteiger partial charge on any atom is -0.496 e. The second kappa shape index (κ2) is 12.2. The third kappa shape index (κ3) is 5.95. The topological polar surface area (TPSA) is 33.7 Å². The first-order valence-electron chi connectivity index (χ1n) is 8.07. The van der Waals surface area contributed by atoms with Gasteiger partial charge in [-0.1, -0.05) is 19.8 Å². The van der Waals surface area contributed by atoms with Gasteiger partial charge in [0.15, 0.2) is 0 Å². The van der Waals surface area contributed by atoms with Crippen molar-refractivity contribution < 1.29 is 9.47 Å². The molecule has 4 nitrogen and oxygen atoms in total. The highest BCUT2D eigenvalue weighted by atomic mass is 79.9. The normalized spacial score (nSPS) is 15.8. The highest BCUT2D eigenvalue weighted by Gasteiger charge is 2.25. The Balaban J connectivity index is 0.00000264. The molecule has 24 heavy (non-hydrogen) atoms. The predicted octanol–water partition coefficient (Wildman–Crippen LogP) is 4.45. The minimum absolute atomic E-state index is 0. The highest BCUT2D eigenvalue weighted by molar-refractivity contribution is 9.10. The molecule has 1 aromatic rings. The number of unbranched alkanes of at least 4 members (excludes halogenated alkanes) is 1. The molecule has 7 heteroatoms. The molecule has 1 aliphatic rings. The van der Waals surface area contributed by atoms with Crippen LogP contribution in [0.4, 0.5) is 0 Å². The fraction of sp³-hybridized carbons (Fsp3) is 0.647. The molecule has 1 saturated heterocycles. The van der Waals surface area contributed by atoms with Gasteiger partial charge in [0, 0.05) is 37.8 Å². The maximum Gasteiger partial charge on any atom is 0.133 e. The lowest BCUT2D eigenvalue weighted by Crippen LogP contribution is -2.45. The van der Waals surface area contributed by atoms with E-state index in [1.807, 2.05) is 6.07 Å². The van der Waals surface area contributed by atoms with Crippen LogP contribution in [0, 0.1) is 0 Å². The van der Waals surface area contributed by atoms with Crippen molar-refractivity contribution in [3.05, 3.63) is 22.2 Å². The summed E-state index contributed by atoms with van der Waals surface area (Å²) in [5.74, 6) is 1.81. The fourth-order valence-electron chi connectivity index (χ4n) is 3.07. The molecule has 2 rings (SSSR count). The van der Waals surface area contributed by atoms with Gasteiger partial charge in [0.25, 0.3) is 0 Å². The zero-order valence-corrected chi connectivity index (χ0v) is 17.9. The summed E-state index contributed by atoms with van der Waals surface area (Å²) in [6, 6.07) is 4.54. The Morgan fingerprint density at radius 3 is 2.29 bits per heavy atom. The van der Waals surface area contributed by atoms with E-state index in [2.05, 4.69) is 39.1 Å². The monoisotopic (exact) mass is 442 g/mol. The summed E-state index contributed by atoms with van der Waals surface area (Å²) >= 11 is 3.55. The van der Waals surface area contributed by atoms with Crippen molar-refractivity contribution in [1.29, 1.82) is 0 Å². The van der Waals surface area contributed by atoms with Gasteiger partial charge in [-0.2, -0.15) is 0 Å². The fourth-order valence-corrected chi connectivity index (χ4v) is 3.55. The predicted molar refractivity (Wildman–Crippen MR) is 108 cm³/mol. The van der Waals surface area contributed by atoms with Gasteiger partial charge < -0.3 is 14.8 Å². The first kappa shape index (κ1) is 23.8. The van der Waals surface area contributed by atoms with Crippen LogP contribution >= 0.6 is 40.7 Å². The van der Waals surface area contributed by atoms with E-state index < -0.39 is 0 Å². The lowest BCUT2D eigenvalue weighted by atomic mass is 9.97. The molecule has 0 radical (unpaired) electrons. The molecule has 140 valence electrons. The zero-order valence-electron chi connectivity index (χ0n) is 14.6. The molecule has 0 aromatic heterocycles. The Morgan fingerprint density at radius 1 is 1.12 bits per heavy atom. The highest BCUT2D eigenvalue weighted by Crippen LogP contribution is 2.39. The van der Waals surface area contributed by atoms with Gasteiger partial charge in [-0.05, 0) is 34.5 Å². The average Bonchev–Trinajstić information content (AvgIpc) is 2.56. The van der Waals surface area contributed by atoms with Crippen molar-refractivity contribution in [2.45, 2.75) is 32.2 Å². The Morgan fingerprint density at radius 2 is 1.75 bits per heavy atom. The van der Waals surface area contributed by atoms with Crippen LogP contribution < -0.4 is 14.8 Å². The molecule has 1 aromatic carbocycles. The van der Waals surface area contributed by atoms with Crippen LogP contribution in [-0.2, 0) is 0 Å². The Bertz CT molecular complexity index is 486. The van der Waals surface area contributed by atoms with Crippen molar-refractivity contribution in [3.63, 3.8) is 0 Å². The number of ether oxygens (including phenoxy) is 2. The summed E-state index contributed by atoms with van der Waals surface area (Å²) in [4.78, 5) is 2.57. The number of methoxy groups -OCH3 is 2. The minimum atomic E-state index is 0. The zero-order chi connectivity index (χ0) is 15.9. The number of benzene rings is 1. The van der Waals surface area contributed by atoms with E-state index in [1.54, 1.807) is 14.2 Å².